The summed E-state index contributed by atoms with van der Waals surface area (Å²) >= 11 is 3.69. The van der Waals surface area contributed by atoms with Crippen molar-refractivity contribution < 1.29 is 14.0 Å². The molecule has 0 radical (unpaired) electrons. The molecule has 0 spiro atoms. The number of aliphatic imine (C=N–C) groups is 1. The summed E-state index contributed by atoms with van der Waals surface area (Å²) in [6.07, 6.45) is 15.1. The molecule has 0 bridgehead atoms. The molecule has 5 atom stereocenters. The molecule has 1 unspecified atom stereocenters. The minimum atomic E-state index is -2.06. The molecule has 0 N–H and O–H groups in total. The smallest absolute Gasteiger partial charge is 0.414 e. The number of hydrogen-bond acceptors (Lipinski definition) is 4. The molecule has 2 aliphatic heterocycles. The van der Waals surface area contributed by atoms with Crippen LogP contribution in [0.2, 0.25) is 18.1 Å². The number of halogens is 1. The van der Waals surface area contributed by atoms with Gasteiger partial charge < -0.3 is 9.16 Å². The average Bonchev–Trinajstić information content (AvgIpc) is 3.25. The van der Waals surface area contributed by atoms with Crippen LogP contribution in [0, 0.1) is 23.7 Å². The quantitative estimate of drug-likeness (QED) is 0.236. The van der Waals surface area contributed by atoms with Gasteiger partial charge in [-0.2, -0.15) is 0 Å². The summed E-state index contributed by atoms with van der Waals surface area (Å²) in [4.78, 5) is 21.5. The number of carbonyl (C=O) groups is 1. The van der Waals surface area contributed by atoms with Gasteiger partial charge in [-0.25, -0.2) is 4.79 Å². The third kappa shape index (κ3) is 5.87. The zero-order chi connectivity index (χ0) is 26.1. The lowest BCUT2D eigenvalue weighted by Crippen LogP contribution is -2.45. The van der Waals surface area contributed by atoms with E-state index in [1.54, 1.807) is 0 Å². The van der Waals surface area contributed by atoms with Crippen LogP contribution in [-0.2, 0) is 9.16 Å². The highest BCUT2D eigenvalue weighted by Crippen LogP contribution is 2.51. The molecule has 2 aliphatic carbocycles. The van der Waals surface area contributed by atoms with Crippen LogP contribution in [0.4, 0.5) is 4.79 Å². The first-order valence-corrected chi connectivity index (χ1v) is 17.7. The lowest BCUT2D eigenvalue weighted by atomic mass is 9.62. The summed E-state index contributed by atoms with van der Waals surface area (Å²) in [7, 11) is -2.06. The van der Waals surface area contributed by atoms with E-state index < -0.39 is 8.32 Å². The normalized spacial score (nSPS) is 32.2. The monoisotopic (exact) mass is 576 g/mol. The Morgan fingerprint density at radius 2 is 1.97 bits per heavy atom. The fourth-order valence-electron chi connectivity index (χ4n) is 6.07. The molecule has 1 saturated heterocycles. The summed E-state index contributed by atoms with van der Waals surface area (Å²) in [5.74, 6) is 2.22. The standard InChI is InChI=1S/C29H45BrN2O3Si/c1-20-10-9-11-21(31-20)14-15-23-22-12-7-8-13-24(22)26(32-16-17-34-28(32)33)18-25(23)27(19-30)35-36(5,6)29(2,3)4/h14-15,18-20,22-25H,7-13,16-17H2,1-6H3/b15-14+,27-19+/t20-,22-,23?,24+,25+/m0/s1. The molecule has 200 valence electrons. The minimum absolute atomic E-state index is 0.0686. The Morgan fingerprint density at radius 1 is 1.22 bits per heavy atom. The van der Waals surface area contributed by atoms with Gasteiger partial charge in [0.2, 0.25) is 8.32 Å². The van der Waals surface area contributed by atoms with Gasteiger partial charge in [0.15, 0.2) is 0 Å². The van der Waals surface area contributed by atoms with Gasteiger partial charge in [-0.05, 0) is 75.1 Å². The predicted molar refractivity (Wildman–Crippen MR) is 154 cm³/mol. The van der Waals surface area contributed by atoms with Gasteiger partial charge in [-0.3, -0.25) is 9.89 Å². The number of nitrogens with zero attached hydrogens (tertiary/aromatic N) is 2. The molecule has 2 heterocycles. The topological polar surface area (TPSA) is 51.1 Å². The molecular weight excluding hydrogens is 532 g/mol. The van der Waals surface area contributed by atoms with E-state index in [9.17, 15) is 4.79 Å². The number of rotatable bonds is 6. The van der Waals surface area contributed by atoms with Crippen molar-refractivity contribution in [3.05, 3.63) is 34.7 Å². The SMILES string of the molecule is C[C@H]1CCCC(/C=C/C2[C@H](/C(=C\Br)O[Si](C)(C)C(C)(C)C)C=C(N3CCOC3=O)[C@@H]3CCCC[C@@H]23)=N1. The molecule has 1 amide bonds. The summed E-state index contributed by atoms with van der Waals surface area (Å²) < 4.78 is 12.3. The van der Waals surface area contributed by atoms with E-state index >= 15 is 0 Å². The van der Waals surface area contributed by atoms with Crippen molar-refractivity contribution >= 4 is 36.1 Å². The van der Waals surface area contributed by atoms with Crippen molar-refractivity contribution in [2.75, 3.05) is 13.2 Å². The van der Waals surface area contributed by atoms with Crippen LogP contribution >= 0.6 is 15.9 Å². The van der Waals surface area contributed by atoms with Crippen LogP contribution in [-0.4, -0.2) is 44.2 Å². The van der Waals surface area contributed by atoms with Crippen LogP contribution in [0.25, 0.3) is 0 Å². The Labute approximate surface area is 227 Å². The molecule has 2 fully saturated rings. The first-order valence-electron chi connectivity index (χ1n) is 13.9. The van der Waals surface area contributed by atoms with Crippen molar-refractivity contribution in [1.82, 2.24) is 4.90 Å². The highest BCUT2D eigenvalue weighted by molar-refractivity contribution is 9.11. The van der Waals surface area contributed by atoms with Gasteiger partial charge in [-0.15, -0.1) is 0 Å². The summed E-state index contributed by atoms with van der Waals surface area (Å²) in [6.45, 7) is 14.8. The molecule has 0 aromatic carbocycles. The van der Waals surface area contributed by atoms with Crippen molar-refractivity contribution in [1.29, 1.82) is 0 Å². The van der Waals surface area contributed by atoms with E-state index in [1.807, 2.05) is 9.89 Å². The number of hydrogen-bond donors (Lipinski definition) is 0. The molecule has 36 heavy (non-hydrogen) atoms. The van der Waals surface area contributed by atoms with Crippen LogP contribution in [0.1, 0.15) is 72.6 Å². The van der Waals surface area contributed by atoms with Gasteiger partial charge in [0.25, 0.3) is 0 Å². The van der Waals surface area contributed by atoms with E-state index in [-0.39, 0.29) is 17.0 Å². The number of cyclic esters (lactones) is 1. The third-order valence-electron chi connectivity index (χ3n) is 9.10. The Hall–Kier alpha value is -1.34. The second-order valence-corrected chi connectivity index (χ2v) is 17.8. The molecule has 1 saturated carbocycles. The van der Waals surface area contributed by atoms with Crippen molar-refractivity contribution in [3.8, 4) is 0 Å². The average molecular weight is 578 g/mol. The summed E-state index contributed by atoms with van der Waals surface area (Å²) in [5.41, 5.74) is 2.39. The Kier molecular flexibility index (Phi) is 8.60. The van der Waals surface area contributed by atoms with Crippen LogP contribution in [0.5, 0.6) is 0 Å². The highest BCUT2D eigenvalue weighted by Gasteiger charge is 2.47. The van der Waals surface area contributed by atoms with Gasteiger partial charge in [0.1, 0.15) is 6.61 Å². The first kappa shape index (κ1) is 27.7. The Morgan fingerprint density at radius 3 is 2.61 bits per heavy atom. The van der Waals surface area contributed by atoms with E-state index in [1.165, 1.54) is 37.8 Å². The highest BCUT2D eigenvalue weighted by atomic mass is 79.9. The maximum absolute atomic E-state index is 12.7. The number of carbonyl (C=O) groups excluding carboxylic acids is 1. The molecule has 0 aromatic rings. The lowest BCUT2D eigenvalue weighted by molar-refractivity contribution is 0.125. The number of fused-ring (bicyclic) bond motifs is 1. The van der Waals surface area contributed by atoms with E-state index in [0.717, 1.165) is 24.3 Å². The lowest BCUT2D eigenvalue weighted by Gasteiger charge is -2.47. The van der Waals surface area contributed by atoms with Gasteiger partial charge in [0.05, 0.1) is 12.3 Å². The fourth-order valence-corrected chi connectivity index (χ4v) is 7.74. The van der Waals surface area contributed by atoms with Crippen LogP contribution in [0.15, 0.2) is 39.7 Å². The fraction of sp³-hybridized carbons (Fsp3) is 0.724. The molecule has 0 aromatic heterocycles. The Bertz CT molecular complexity index is 949. The molecule has 5 nitrogen and oxygen atoms in total. The van der Waals surface area contributed by atoms with Crippen LogP contribution < -0.4 is 0 Å². The second kappa shape index (κ2) is 11.2. The van der Waals surface area contributed by atoms with Crippen molar-refractivity contribution in [2.45, 2.75) is 96.8 Å². The van der Waals surface area contributed by atoms with Gasteiger partial charge >= 0.3 is 6.09 Å². The zero-order valence-electron chi connectivity index (χ0n) is 23.1. The summed E-state index contributed by atoms with van der Waals surface area (Å²) in [6, 6.07) is 0.413. The van der Waals surface area contributed by atoms with Crippen molar-refractivity contribution in [3.63, 3.8) is 0 Å². The maximum atomic E-state index is 12.7. The summed E-state index contributed by atoms with van der Waals surface area (Å²) in [5, 5.41) is 0.0971. The van der Waals surface area contributed by atoms with Gasteiger partial charge in [0, 0.05) is 34.3 Å². The molecule has 4 aliphatic rings. The number of allylic oxidation sites excluding steroid dienone is 4. The first-order chi connectivity index (χ1) is 17.0. The zero-order valence-corrected chi connectivity index (χ0v) is 25.6. The second-order valence-electron chi connectivity index (χ2n) is 12.6. The number of ether oxygens (including phenoxy) is 1. The van der Waals surface area contributed by atoms with E-state index in [0.29, 0.717) is 36.9 Å². The van der Waals surface area contributed by atoms with Gasteiger partial charge in [-0.1, -0.05) is 61.7 Å². The predicted octanol–water partition coefficient (Wildman–Crippen LogP) is 8.20. The Balaban J connectivity index is 1.76. The minimum Gasteiger partial charge on any atom is -0.546 e. The van der Waals surface area contributed by atoms with Crippen molar-refractivity contribution in [2.24, 2.45) is 28.7 Å². The molecule has 7 heteroatoms. The molecule has 4 rings (SSSR count). The van der Waals surface area contributed by atoms with Crippen LogP contribution in [0.3, 0.4) is 0 Å². The number of amides is 1. The largest absolute Gasteiger partial charge is 0.546 e. The molecular formula is C29H45BrN2O3Si. The third-order valence-corrected chi connectivity index (χ3v) is 13.9. The maximum Gasteiger partial charge on any atom is 0.414 e. The van der Waals surface area contributed by atoms with E-state index in [2.05, 4.69) is 74.9 Å². The van der Waals surface area contributed by atoms with E-state index in [4.69, 9.17) is 14.2 Å².